The van der Waals surface area contributed by atoms with Gasteiger partial charge >= 0.3 is 0 Å². The molecule has 0 aromatic carbocycles. The van der Waals surface area contributed by atoms with Crippen LogP contribution >= 0.6 is 0 Å². The molecule has 0 amide bonds. The van der Waals surface area contributed by atoms with Crippen LogP contribution in [0.1, 0.15) is 37.5 Å². The summed E-state index contributed by atoms with van der Waals surface area (Å²) in [6, 6.07) is 0. The maximum atomic E-state index is 5.26. The molecule has 0 radical (unpaired) electrons. The largest absolute Gasteiger partial charge is 0.424 e. The van der Waals surface area contributed by atoms with Crippen LogP contribution in [0.15, 0.2) is 16.1 Å². The number of hydrogen-bond acceptors (Lipinski definition) is 4. The lowest BCUT2D eigenvalue weighted by Crippen LogP contribution is -2.15. The van der Waals surface area contributed by atoms with Crippen LogP contribution in [0.25, 0.3) is 0 Å². The summed E-state index contributed by atoms with van der Waals surface area (Å²) < 4.78 is 5.26. The van der Waals surface area contributed by atoms with Gasteiger partial charge in [-0.1, -0.05) is 11.6 Å². The van der Waals surface area contributed by atoms with E-state index in [2.05, 4.69) is 21.6 Å². The molecule has 4 nitrogen and oxygen atoms in total. The zero-order chi connectivity index (χ0) is 10.5. The zero-order valence-electron chi connectivity index (χ0n) is 9.12. The van der Waals surface area contributed by atoms with Gasteiger partial charge in [0.2, 0.25) is 11.8 Å². The number of hydrogen-bond donors (Lipinski definition) is 1. The molecule has 2 rings (SSSR count). The Hall–Kier alpha value is -1.16. The van der Waals surface area contributed by atoms with Gasteiger partial charge in [-0.15, -0.1) is 10.2 Å². The van der Waals surface area contributed by atoms with Crippen LogP contribution < -0.4 is 5.32 Å². The third-order valence-electron chi connectivity index (χ3n) is 2.60. The Kier molecular flexibility index (Phi) is 3.50. The molecule has 4 heteroatoms. The van der Waals surface area contributed by atoms with Crippen molar-refractivity contribution in [2.24, 2.45) is 0 Å². The fraction of sp³-hybridized carbons (Fsp3) is 0.636. The van der Waals surface area contributed by atoms with Crippen molar-refractivity contribution in [3.63, 3.8) is 0 Å². The van der Waals surface area contributed by atoms with E-state index in [9.17, 15) is 0 Å². The van der Waals surface area contributed by atoms with Gasteiger partial charge in [0.1, 0.15) is 0 Å². The van der Waals surface area contributed by atoms with Crippen LogP contribution in [0.3, 0.4) is 0 Å². The summed E-state index contributed by atoms with van der Waals surface area (Å²) in [5.41, 5.74) is 1.59. The standard InChI is InChI=1S/C11H17N3O/c1-9-13-14-11(15-9)8-12-7-6-10-4-2-3-5-10/h4,12H,2-3,5-8H2,1H3. The van der Waals surface area contributed by atoms with Crippen LogP contribution in [0.2, 0.25) is 0 Å². The van der Waals surface area contributed by atoms with Crippen molar-refractivity contribution in [2.45, 2.75) is 39.2 Å². The second kappa shape index (κ2) is 5.07. The van der Waals surface area contributed by atoms with Gasteiger partial charge < -0.3 is 9.73 Å². The average Bonchev–Trinajstić information content (AvgIpc) is 2.84. The molecule has 1 heterocycles. The van der Waals surface area contributed by atoms with E-state index < -0.39 is 0 Å². The van der Waals surface area contributed by atoms with Gasteiger partial charge in [0.25, 0.3) is 0 Å². The molecule has 1 aliphatic carbocycles. The first kappa shape index (κ1) is 10.4. The van der Waals surface area contributed by atoms with E-state index in [0.29, 0.717) is 18.3 Å². The SMILES string of the molecule is Cc1nnc(CNCCC2=CCCC2)o1. The molecule has 0 fully saturated rings. The van der Waals surface area contributed by atoms with Gasteiger partial charge in [0.15, 0.2) is 0 Å². The fourth-order valence-corrected chi connectivity index (χ4v) is 1.82. The van der Waals surface area contributed by atoms with E-state index in [4.69, 9.17) is 4.42 Å². The quantitative estimate of drug-likeness (QED) is 0.592. The topological polar surface area (TPSA) is 51.0 Å². The molecule has 1 aromatic rings. The first-order valence-electron chi connectivity index (χ1n) is 5.52. The molecular weight excluding hydrogens is 190 g/mol. The van der Waals surface area contributed by atoms with Gasteiger partial charge in [0.05, 0.1) is 6.54 Å². The third-order valence-corrected chi connectivity index (χ3v) is 2.60. The molecule has 0 aliphatic heterocycles. The fourth-order valence-electron chi connectivity index (χ4n) is 1.82. The van der Waals surface area contributed by atoms with E-state index in [1.54, 1.807) is 12.5 Å². The highest BCUT2D eigenvalue weighted by atomic mass is 16.4. The average molecular weight is 207 g/mol. The second-order valence-corrected chi connectivity index (χ2v) is 3.90. The lowest BCUT2D eigenvalue weighted by Gasteiger charge is -2.02. The predicted molar refractivity (Wildman–Crippen MR) is 57.3 cm³/mol. The van der Waals surface area contributed by atoms with Gasteiger partial charge in [-0.2, -0.15) is 0 Å². The Morgan fingerprint density at radius 3 is 3.07 bits per heavy atom. The maximum absolute atomic E-state index is 5.26. The molecule has 0 unspecified atom stereocenters. The van der Waals surface area contributed by atoms with Crippen LogP contribution in [0.4, 0.5) is 0 Å². The highest BCUT2D eigenvalue weighted by Gasteiger charge is 2.04. The summed E-state index contributed by atoms with van der Waals surface area (Å²) in [7, 11) is 0. The maximum Gasteiger partial charge on any atom is 0.230 e. The van der Waals surface area contributed by atoms with Crippen molar-refractivity contribution in [1.29, 1.82) is 0 Å². The van der Waals surface area contributed by atoms with E-state index in [0.717, 1.165) is 13.0 Å². The van der Waals surface area contributed by atoms with Crippen molar-refractivity contribution >= 4 is 0 Å². The third kappa shape index (κ3) is 3.16. The summed E-state index contributed by atoms with van der Waals surface area (Å²) in [6.45, 7) is 3.47. The number of rotatable bonds is 5. The van der Waals surface area contributed by atoms with E-state index in [-0.39, 0.29) is 0 Å². The molecule has 0 atom stereocenters. The Morgan fingerprint density at radius 1 is 1.47 bits per heavy atom. The van der Waals surface area contributed by atoms with E-state index >= 15 is 0 Å². The number of nitrogens with zero attached hydrogens (tertiary/aromatic N) is 2. The first-order valence-corrected chi connectivity index (χ1v) is 5.52. The van der Waals surface area contributed by atoms with E-state index in [1.807, 2.05) is 0 Å². The van der Waals surface area contributed by atoms with E-state index in [1.165, 1.54) is 19.3 Å². The van der Waals surface area contributed by atoms with Crippen molar-refractivity contribution in [3.05, 3.63) is 23.4 Å². The lowest BCUT2D eigenvalue weighted by atomic mass is 10.2. The van der Waals surface area contributed by atoms with Crippen molar-refractivity contribution < 1.29 is 4.42 Å². The Morgan fingerprint density at radius 2 is 2.40 bits per heavy atom. The molecule has 1 aromatic heterocycles. The smallest absolute Gasteiger partial charge is 0.230 e. The number of allylic oxidation sites excluding steroid dienone is 1. The predicted octanol–water partition coefficient (Wildman–Crippen LogP) is 1.97. The number of aryl methyl sites for hydroxylation is 1. The Labute approximate surface area is 89.8 Å². The van der Waals surface area contributed by atoms with Crippen molar-refractivity contribution in [2.75, 3.05) is 6.54 Å². The number of aromatic nitrogens is 2. The molecule has 15 heavy (non-hydrogen) atoms. The molecule has 82 valence electrons. The van der Waals surface area contributed by atoms with Gasteiger partial charge in [-0.05, 0) is 32.2 Å². The summed E-state index contributed by atoms with van der Waals surface area (Å²) in [4.78, 5) is 0. The monoisotopic (exact) mass is 207 g/mol. The minimum absolute atomic E-state index is 0.630. The molecule has 0 saturated heterocycles. The van der Waals surface area contributed by atoms with Crippen LogP contribution in [0, 0.1) is 6.92 Å². The normalized spacial score (nSPS) is 15.7. The lowest BCUT2D eigenvalue weighted by molar-refractivity contribution is 0.447. The second-order valence-electron chi connectivity index (χ2n) is 3.90. The van der Waals surface area contributed by atoms with Crippen molar-refractivity contribution in [3.8, 4) is 0 Å². The summed E-state index contributed by atoms with van der Waals surface area (Å²) >= 11 is 0. The first-order chi connectivity index (χ1) is 7.34. The van der Waals surface area contributed by atoms with Gasteiger partial charge in [-0.25, -0.2) is 0 Å². The Bertz CT molecular complexity index is 343. The minimum atomic E-state index is 0.630. The zero-order valence-corrected chi connectivity index (χ0v) is 9.12. The highest BCUT2D eigenvalue weighted by Crippen LogP contribution is 2.19. The minimum Gasteiger partial charge on any atom is -0.424 e. The van der Waals surface area contributed by atoms with Crippen LogP contribution in [-0.2, 0) is 6.54 Å². The molecule has 0 bridgehead atoms. The van der Waals surface area contributed by atoms with Crippen molar-refractivity contribution in [1.82, 2.24) is 15.5 Å². The molecule has 1 N–H and O–H groups in total. The summed E-state index contributed by atoms with van der Waals surface area (Å²) in [6.07, 6.45) is 7.38. The van der Waals surface area contributed by atoms with Crippen LogP contribution in [-0.4, -0.2) is 16.7 Å². The highest BCUT2D eigenvalue weighted by molar-refractivity contribution is 5.07. The van der Waals surface area contributed by atoms with Gasteiger partial charge in [-0.3, -0.25) is 0 Å². The molecule has 0 spiro atoms. The van der Waals surface area contributed by atoms with Crippen LogP contribution in [0.5, 0.6) is 0 Å². The number of nitrogens with one attached hydrogen (secondary N) is 1. The van der Waals surface area contributed by atoms with Gasteiger partial charge in [0, 0.05) is 6.92 Å². The molecular formula is C11H17N3O. The summed E-state index contributed by atoms with van der Waals surface area (Å²) in [5, 5.41) is 11.0. The molecule has 1 aliphatic rings. The molecule has 0 saturated carbocycles. The Balaban J connectivity index is 1.62. The summed E-state index contributed by atoms with van der Waals surface area (Å²) in [5.74, 6) is 1.30.